The van der Waals surface area contributed by atoms with Gasteiger partial charge in [-0.25, -0.2) is 15.0 Å². The number of piperidine rings is 1. The molecule has 3 N–H and O–H groups in total. The highest BCUT2D eigenvalue weighted by Crippen LogP contribution is 2.36. The average Bonchev–Trinajstić information content (AvgIpc) is 3.70. The largest absolute Gasteiger partial charge is 0.494 e. The van der Waals surface area contributed by atoms with E-state index in [9.17, 15) is 9.59 Å². The van der Waals surface area contributed by atoms with Crippen molar-refractivity contribution in [3.63, 3.8) is 0 Å². The van der Waals surface area contributed by atoms with Gasteiger partial charge in [-0.15, -0.1) is 0 Å². The molecule has 2 aliphatic rings. The van der Waals surface area contributed by atoms with Crippen LogP contribution in [0.4, 0.5) is 0 Å². The number of hydrogen-bond acceptors (Lipinski definition) is 10. The van der Waals surface area contributed by atoms with Crippen LogP contribution in [0.5, 0.6) is 5.75 Å². The van der Waals surface area contributed by atoms with Gasteiger partial charge in [-0.05, 0) is 62.9 Å². The molecule has 268 valence electrons. The lowest BCUT2D eigenvalue weighted by Crippen LogP contribution is -2.53. The molecule has 14 heteroatoms. The van der Waals surface area contributed by atoms with Gasteiger partial charge < -0.3 is 39.3 Å². The van der Waals surface area contributed by atoms with Crippen LogP contribution in [0.25, 0.3) is 33.6 Å². The van der Waals surface area contributed by atoms with Gasteiger partial charge in [0.15, 0.2) is 5.82 Å². The first-order chi connectivity index (χ1) is 24.8. The number of nitrogens with two attached hydrogens (primary N) is 1. The number of rotatable bonds is 7. The van der Waals surface area contributed by atoms with E-state index in [-0.39, 0.29) is 30.0 Å². The Hall–Kier alpha value is -4.92. The molecule has 4 aromatic heterocycles. The van der Waals surface area contributed by atoms with Crippen molar-refractivity contribution in [1.82, 2.24) is 39.3 Å². The van der Waals surface area contributed by atoms with Crippen molar-refractivity contribution in [2.75, 3.05) is 41.0 Å². The lowest BCUT2D eigenvalue weighted by molar-refractivity contribution is 0.0227. The Morgan fingerprint density at radius 3 is 2.67 bits per heavy atom. The molecule has 2 bridgehead atoms. The monoisotopic (exact) mass is 695 g/mol. The molecule has 2 aliphatic heterocycles. The highest BCUT2D eigenvalue weighted by molar-refractivity contribution is 6.00. The fraction of sp³-hybridized carbons (Fsp3) is 0.459. The van der Waals surface area contributed by atoms with Crippen molar-refractivity contribution in [2.24, 2.45) is 5.73 Å². The first kappa shape index (κ1) is 34.5. The second-order valence-corrected chi connectivity index (χ2v) is 13.3. The number of carbonyl (C=O) groups is 2. The Morgan fingerprint density at radius 2 is 1.88 bits per heavy atom. The van der Waals surface area contributed by atoms with Gasteiger partial charge in [0.25, 0.3) is 11.8 Å². The minimum absolute atomic E-state index is 0.0767. The predicted octanol–water partition coefficient (Wildman–Crippen LogP) is 3.90. The lowest BCUT2D eigenvalue weighted by atomic mass is 10.0. The molecule has 1 saturated heterocycles. The molecule has 14 nitrogen and oxygen atoms in total. The molecule has 0 spiro atoms. The number of aromatic nitrogens is 6. The van der Waals surface area contributed by atoms with E-state index in [0.29, 0.717) is 73.8 Å². The molecule has 7 rings (SSSR count). The summed E-state index contributed by atoms with van der Waals surface area (Å²) in [6.07, 6.45) is 7.09. The molecule has 5 aromatic rings. The van der Waals surface area contributed by atoms with E-state index in [0.717, 1.165) is 53.0 Å². The molecule has 0 saturated carbocycles. The molecule has 0 radical (unpaired) electrons. The van der Waals surface area contributed by atoms with E-state index in [1.165, 1.54) is 0 Å². The number of ether oxygens (including phenoxy) is 3. The zero-order valence-electron chi connectivity index (χ0n) is 29.6. The maximum Gasteiger partial charge on any atom is 0.272 e. The number of pyridine rings is 1. The van der Waals surface area contributed by atoms with Crippen molar-refractivity contribution in [3.05, 3.63) is 65.4 Å². The van der Waals surface area contributed by atoms with E-state index in [4.69, 9.17) is 29.9 Å². The summed E-state index contributed by atoms with van der Waals surface area (Å²) < 4.78 is 21.3. The van der Waals surface area contributed by atoms with Gasteiger partial charge in [-0.1, -0.05) is 6.42 Å². The standard InChI is InChI=1S/C37H45N9O5/c1-22-26-10-9-23-19-29(45(34(23)42-26)14-7-5-6-8-27-32(36(47)41-22)40-13-12-39-27)35-43-28-18-24(20-31(51-4)33(28)46(35)16-17-49-2)37(48)44-15-11-30(50-3)25(38)21-44/h9-10,12-13,18-20,22,25,30H,5-8,11,14-17,21,38H2,1-4H3,(H,41,47)/t22-,25+,30-/m1/s1. The number of nitrogens with one attached hydrogen (secondary N) is 1. The average molecular weight is 696 g/mol. The van der Waals surface area contributed by atoms with Gasteiger partial charge in [0.2, 0.25) is 0 Å². The maximum atomic E-state index is 13.8. The molecule has 1 aromatic carbocycles. The van der Waals surface area contributed by atoms with E-state index in [1.807, 2.05) is 25.1 Å². The lowest BCUT2D eigenvalue weighted by Gasteiger charge is -2.36. The topological polar surface area (TPSA) is 165 Å². The molecule has 0 aliphatic carbocycles. The Balaban J connectivity index is 1.32. The SMILES string of the molecule is COCCn1c(-c2cc3ccc4nc3n2CCCCCc2nccnc2C(=O)N[C@@H]4C)nc2cc(C(=O)N3CC[C@@H](OC)[C@@H](N)C3)cc(OC)c21. The molecule has 2 amide bonds. The number of methoxy groups -OCH3 is 3. The molecular weight excluding hydrogens is 650 g/mol. The summed E-state index contributed by atoms with van der Waals surface area (Å²) in [6, 6.07) is 9.10. The number of benzene rings is 1. The fourth-order valence-electron chi connectivity index (χ4n) is 7.34. The van der Waals surface area contributed by atoms with E-state index < -0.39 is 0 Å². The molecule has 3 atom stereocenters. The Morgan fingerprint density at radius 1 is 1.04 bits per heavy atom. The van der Waals surface area contributed by atoms with Crippen LogP contribution in [0.3, 0.4) is 0 Å². The summed E-state index contributed by atoms with van der Waals surface area (Å²) in [4.78, 5) is 48.0. The van der Waals surface area contributed by atoms with Gasteiger partial charge in [0.05, 0.1) is 48.5 Å². The number of hydrogen-bond donors (Lipinski definition) is 2. The van der Waals surface area contributed by atoms with E-state index in [1.54, 1.807) is 44.7 Å². The van der Waals surface area contributed by atoms with Crippen LogP contribution >= 0.6 is 0 Å². The van der Waals surface area contributed by atoms with Crippen molar-refractivity contribution in [3.8, 4) is 17.3 Å². The van der Waals surface area contributed by atoms with Gasteiger partial charge in [0, 0.05) is 69.8 Å². The van der Waals surface area contributed by atoms with Gasteiger partial charge >= 0.3 is 0 Å². The van der Waals surface area contributed by atoms with Crippen LogP contribution in [-0.4, -0.2) is 99.0 Å². The molecule has 6 heterocycles. The van der Waals surface area contributed by atoms with Crippen LogP contribution in [0.15, 0.2) is 42.7 Å². The fourth-order valence-corrected chi connectivity index (χ4v) is 7.34. The first-order valence-corrected chi connectivity index (χ1v) is 17.6. The van der Waals surface area contributed by atoms with Gasteiger partial charge in [-0.2, -0.15) is 0 Å². The number of likely N-dealkylation sites (tertiary alicyclic amines) is 1. The first-order valence-electron chi connectivity index (χ1n) is 17.6. The van der Waals surface area contributed by atoms with Crippen molar-refractivity contribution < 1.29 is 23.8 Å². The summed E-state index contributed by atoms with van der Waals surface area (Å²) in [6.45, 7) is 4.53. The van der Waals surface area contributed by atoms with E-state index >= 15 is 0 Å². The van der Waals surface area contributed by atoms with Crippen LogP contribution in [0.1, 0.15) is 70.9 Å². The van der Waals surface area contributed by atoms with Gasteiger partial charge in [0.1, 0.15) is 22.6 Å². The maximum absolute atomic E-state index is 13.8. The molecule has 1 fully saturated rings. The van der Waals surface area contributed by atoms with E-state index in [2.05, 4.69) is 30.5 Å². The highest BCUT2D eigenvalue weighted by Gasteiger charge is 2.31. The summed E-state index contributed by atoms with van der Waals surface area (Å²) in [5.74, 6) is 0.884. The Kier molecular flexibility index (Phi) is 9.98. The minimum Gasteiger partial charge on any atom is -0.494 e. The number of fused-ring (bicyclic) bond motifs is 3. The van der Waals surface area contributed by atoms with Crippen LogP contribution in [-0.2, 0) is 29.0 Å². The summed E-state index contributed by atoms with van der Waals surface area (Å²) in [5, 5.41) is 4.03. The van der Waals surface area contributed by atoms with Crippen molar-refractivity contribution >= 4 is 33.9 Å². The van der Waals surface area contributed by atoms with Crippen LogP contribution in [0, 0.1) is 0 Å². The third-order valence-corrected chi connectivity index (χ3v) is 10.0. The quantitative estimate of drug-likeness (QED) is 0.255. The zero-order chi connectivity index (χ0) is 35.6. The second kappa shape index (κ2) is 14.7. The number of amides is 2. The number of imidazole rings is 1. The summed E-state index contributed by atoms with van der Waals surface area (Å²) >= 11 is 0. The van der Waals surface area contributed by atoms with Crippen molar-refractivity contribution in [2.45, 2.75) is 70.3 Å². The summed E-state index contributed by atoms with van der Waals surface area (Å²) in [5.41, 5.74) is 11.7. The van der Waals surface area contributed by atoms with Crippen molar-refractivity contribution in [1.29, 1.82) is 0 Å². The predicted molar refractivity (Wildman–Crippen MR) is 192 cm³/mol. The second-order valence-electron chi connectivity index (χ2n) is 13.3. The highest BCUT2D eigenvalue weighted by atomic mass is 16.5. The Labute approximate surface area is 296 Å². The third kappa shape index (κ3) is 6.66. The summed E-state index contributed by atoms with van der Waals surface area (Å²) in [7, 11) is 4.94. The number of nitrogens with zero attached hydrogens (tertiary/aromatic N) is 7. The normalized spacial score (nSPS) is 20.0. The molecule has 0 unspecified atom stereocenters. The van der Waals surface area contributed by atoms with Crippen LogP contribution < -0.4 is 15.8 Å². The Bertz CT molecular complexity index is 2070. The zero-order valence-corrected chi connectivity index (χ0v) is 29.6. The smallest absolute Gasteiger partial charge is 0.272 e. The number of carbonyl (C=O) groups excluding carboxylic acids is 2. The number of aryl methyl sites for hydroxylation is 2. The third-order valence-electron chi connectivity index (χ3n) is 10.0. The molecule has 51 heavy (non-hydrogen) atoms. The van der Waals surface area contributed by atoms with Gasteiger partial charge in [-0.3, -0.25) is 14.6 Å². The molecular formula is C37H45N9O5. The van der Waals surface area contributed by atoms with Crippen LogP contribution in [0.2, 0.25) is 0 Å². The minimum atomic E-state index is -0.368.